The first-order valence-corrected chi connectivity index (χ1v) is 6.15. The standard InChI is InChI=1S/C12H22N2O3.ClH/c1-9(13)5-6-10(15)14-12(11(16)17-2)7-3-4-8-12;/h9H,3-8,13H2,1-2H3,(H,14,15);1H. The lowest BCUT2D eigenvalue weighted by atomic mass is 9.97. The van der Waals surface area contributed by atoms with E-state index in [1.807, 2.05) is 6.92 Å². The number of nitrogens with two attached hydrogens (primary N) is 1. The molecule has 0 aliphatic heterocycles. The number of methoxy groups -OCH3 is 1. The molecule has 1 amide bonds. The minimum atomic E-state index is -0.788. The summed E-state index contributed by atoms with van der Waals surface area (Å²) in [5.74, 6) is -0.446. The number of nitrogens with one attached hydrogen (secondary N) is 1. The van der Waals surface area contributed by atoms with Gasteiger partial charge in [0.15, 0.2) is 0 Å². The Balaban J connectivity index is 0.00000289. The van der Waals surface area contributed by atoms with Crippen LogP contribution in [0.2, 0.25) is 0 Å². The van der Waals surface area contributed by atoms with Gasteiger partial charge in [0.25, 0.3) is 0 Å². The molecule has 106 valence electrons. The van der Waals surface area contributed by atoms with Crippen molar-refractivity contribution in [3.05, 3.63) is 0 Å². The van der Waals surface area contributed by atoms with Crippen LogP contribution in [0, 0.1) is 0 Å². The molecule has 0 aromatic heterocycles. The zero-order chi connectivity index (χ0) is 12.9. The maximum Gasteiger partial charge on any atom is 0.331 e. The quantitative estimate of drug-likeness (QED) is 0.739. The first-order valence-electron chi connectivity index (χ1n) is 6.15. The average molecular weight is 279 g/mol. The molecule has 5 nitrogen and oxygen atoms in total. The van der Waals surface area contributed by atoms with Crippen LogP contribution in [0.25, 0.3) is 0 Å². The second-order valence-electron chi connectivity index (χ2n) is 4.84. The van der Waals surface area contributed by atoms with Gasteiger partial charge in [-0.3, -0.25) is 4.79 Å². The van der Waals surface area contributed by atoms with E-state index in [1.165, 1.54) is 7.11 Å². The fourth-order valence-electron chi connectivity index (χ4n) is 2.24. The molecule has 1 atom stereocenters. The molecule has 1 rings (SSSR count). The monoisotopic (exact) mass is 278 g/mol. The number of hydrogen-bond acceptors (Lipinski definition) is 4. The first-order chi connectivity index (χ1) is 8.00. The van der Waals surface area contributed by atoms with Gasteiger partial charge in [0.1, 0.15) is 5.54 Å². The van der Waals surface area contributed by atoms with E-state index in [9.17, 15) is 9.59 Å². The number of hydrogen-bond donors (Lipinski definition) is 2. The fourth-order valence-corrected chi connectivity index (χ4v) is 2.24. The predicted octanol–water partition coefficient (Wildman–Crippen LogP) is 1.14. The van der Waals surface area contributed by atoms with Crippen molar-refractivity contribution in [2.24, 2.45) is 5.73 Å². The minimum absolute atomic E-state index is 0. The van der Waals surface area contributed by atoms with Crippen LogP contribution >= 0.6 is 12.4 Å². The molecule has 0 spiro atoms. The Labute approximate surface area is 114 Å². The molecule has 0 saturated heterocycles. The van der Waals surface area contributed by atoms with E-state index in [-0.39, 0.29) is 30.3 Å². The van der Waals surface area contributed by atoms with Gasteiger partial charge in [-0.25, -0.2) is 4.79 Å². The van der Waals surface area contributed by atoms with E-state index in [4.69, 9.17) is 10.5 Å². The summed E-state index contributed by atoms with van der Waals surface area (Å²) in [5, 5.41) is 2.83. The van der Waals surface area contributed by atoms with Gasteiger partial charge in [-0.05, 0) is 26.2 Å². The summed E-state index contributed by atoms with van der Waals surface area (Å²) < 4.78 is 4.79. The van der Waals surface area contributed by atoms with Gasteiger partial charge in [-0.2, -0.15) is 0 Å². The molecule has 1 saturated carbocycles. The van der Waals surface area contributed by atoms with Crippen LogP contribution in [-0.2, 0) is 14.3 Å². The third-order valence-corrected chi connectivity index (χ3v) is 3.24. The lowest BCUT2D eigenvalue weighted by Gasteiger charge is -2.27. The van der Waals surface area contributed by atoms with E-state index >= 15 is 0 Å². The van der Waals surface area contributed by atoms with Crippen LogP contribution in [0.4, 0.5) is 0 Å². The van der Waals surface area contributed by atoms with Gasteiger partial charge >= 0.3 is 5.97 Å². The lowest BCUT2D eigenvalue weighted by molar-refractivity contribution is -0.150. The maximum atomic E-state index is 11.8. The SMILES string of the molecule is COC(=O)C1(NC(=O)CCC(C)N)CCCC1.Cl. The van der Waals surface area contributed by atoms with Crippen LogP contribution in [-0.4, -0.2) is 30.6 Å². The number of halogens is 1. The Morgan fingerprint density at radius 1 is 1.39 bits per heavy atom. The number of amides is 1. The van der Waals surface area contributed by atoms with Crippen molar-refractivity contribution >= 4 is 24.3 Å². The Kier molecular flexibility index (Phi) is 7.25. The molecule has 3 N–H and O–H groups in total. The van der Waals surface area contributed by atoms with Crippen molar-refractivity contribution < 1.29 is 14.3 Å². The lowest BCUT2D eigenvalue weighted by Crippen LogP contribution is -2.53. The second-order valence-corrected chi connectivity index (χ2v) is 4.84. The number of carbonyl (C=O) groups excluding carboxylic acids is 2. The molecule has 6 heteroatoms. The summed E-state index contributed by atoms with van der Waals surface area (Å²) in [6, 6.07) is -0.00148. The van der Waals surface area contributed by atoms with Gasteiger partial charge in [0.05, 0.1) is 7.11 Å². The summed E-state index contributed by atoms with van der Waals surface area (Å²) in [5.41, 5.74) is 4.81. The van der Waals surface area contributed by atoms with E-state index in [0.717, 1.165) is 12.8 Å². The Morgan fingerprint density at radius 3 is 2.39 bits per heavy atom. The van der Waals surface area contributed by atoms with Crippen molar-refractivity contribution in [3.63, 3.8) is 0 Å². The van der Waals surface area contributed by atoms with Crippen molar-refractivity contribution in [3.8, 4) is 0 Å². The van der Waals surface area contributed by atoms with Gasteiger partial charge in [0, 0.05) is 12.5 Å². The Hall–Kier alpha value is -0.810. The molecule has 0 heterocycles. The van der Waals surface area contributed by atoms with Gasteiger partial charge in [-0.1, -0.05) is 12.8 Å². The van der Waals surface area contributed by atoms with Crippen LogP contribution in [0.1, 0.15) is 45.4 Å². The summed E-state index contributed by atoms with van der Waals surface area (Å²) in [4.78, 5) is 23.5. The molecule has 0 aromatic carbocycles. The van der Waals surface area contributed by atoms with Crippen LogP contribution in [0.3, 0.4) is 0 Å². The van der Waals surface area contributed by atoms with Crippen LogP contribution in [0.5, 0.6) is 0 Å². The molecular formula is C12H23ClN2O3. The molecule has 1 aliphatic rings. The highest BCUT2D eigenvalue weighted by molar-refractivity contribution is 5.88. The van der Waals surface area contributed by atoms with Crippen LogP contribution < -0.4 is 11.1 Å². The van der Waals surface area contributed by atoms with Crippen molar-refractivity contribution in [2.75, 3.05) is 7.11 Å². The van der Waals surface area contributed by atoms with Crippen molar-refractivity contribution in [1.82, 2.24) is 5.32 Å². The zero-order valence-corrected chi connectivity index (χ0v) is 11.8. The topological polar surface area (TPSA) is 81.4 Å². The zero-order valence-electron chi connectivity index (χ0n) is 11.0. The maximum absolute atomic E-state index is 11.8. The molecular weight excluding hydrogens is 256 g/mol. The molecule has 1 aliphatic carbocycles. The number of rotatable bonds is 5. The molecule has 0 aromatic rings. The van der Waals surface area contributed by atoms with E-state index < -0.39 is 5.54 Å². The highest BCUT2D eigenvalue weighted by Gasteiger charge is 2.43. The van der Waals surface area contributed by atoms with Gasteiger partial charge in [0.2, 0.25) is 5.91 Å². The second kappa shape index (κ2) is 7.59. The Morgan fingerprint density at radius 2 is 1.94 bits per heavy atom. The van der Waals surface area contributed by atoms with E-state index in [2.05, 4.69) is 5.32 Å². The molecule has 0 bridgehead atoms. The van der Waals surface area contributed by atoms with E-state index in [1.54, 1.807) is 0 Å². The summed E-state index contributed by atoms with van der Waals surface area (Å²) in [6.07, 6.45) is 4.22. The summed E-state index contributed by atoms with van der Waals surface area (Å²) in [7, 11) is 1.36. The molecule has 1 fully saturated rings. The third-order valence-electron chi connectivity index (χ3n) is 3.24. The molecule has 18 heavy (non-hydrogen) atoms. The van der Waals surface area contributed by atoms with Crippen LogP contribution in [0.15, 0.2) is 0 Å². The number of carbonyl (C=O) groups is 2. The third kappa shape index (κ3) is 4.46. The highest BCUT2D eigenvalue weighted by atomic mass is 35.5. The molecule has 1 unspecified atom stereocenters. The number of esters is 1. The summed E-state index contributed by atoms with van der Waals surface area (Å²) >= 11 is 0. The van der Waals surface area contributed by atoms with Crippen molar-refractivity contribution in [1.29, 1.82) is 0 Å². The van der Waals surface area contributed by atoms with Gasteiger partial charge < -0.3 is 15.8 Å². The van der Waals surface area contributed by atoms with Crippen molar-refractivity contribution in [2.45, 2.75) is 57.0 Å². The smallest absolute Gasteiger partial charge is 0.331 e. The summed E-state index contributed by atoms with van der Waals surface area (Å²) in [6.45, 7) is 1.86. The fraction of sp³-hybridized carbons (Fsp3) is 0.833. The first kappa shape index (κ1) is 17.2. The minimum Gasteiger partial charge on any atom is -0.467 e. The predicted molar refractivity (Wildman–Crippen MR) is 71.5 cm³/mol. The normalized spacial score (nSPS) is 18.6. The average Bonchev–Trinajstić information content (AvgIpc) is 2.75. The van der Waals surface area contributed by atoms with Gasteiger partial charge in [-0.15, -0.1) is 12.4 Å². The van der Waals surface area contributed by atoms with E-state index in [0.29, 0.717) is 25.7 Å². The molecule has 0 radical (unpaired) electrons. The number of ether oxygens (including phenoxy) is 1. The Bertz CT molecular complexity index is 289. The largest absolute Gasteiger partial charge is 0.467 e. The highest BCUT2D eigenvalue weighted by Crippen LogP contribution is 2.30.